The van der Waals surface area contributed by atoms with E-state index in [0.717, 1.165) is 5.56 Å². The number of anilines is 1. The number of benzene rings is 2. The van der Waals surface area contributed by atoms with Gasteiger partial charge >= 0.3 is 6.03 Å². The molecule has 1 aliphatic rings. The molecule has 0 saturated carbocycles. The highest BCUT2D eigenvalue weighted by molar-refractivity contribution is 6.30. The molecule has 2 aromatic rings. The second kappa shape index (κ2) is 10.5. The van der Waals surface area contributed by atoms with Crippen LogP contribution in [-0.2, 0) is 20.8 Å². The number of nitrogens with zero attached hydrogens (tertiary/aromatic N) is 2. The fraction of sp³-hybridized carbons (Fsp3) is 0.304. The zero-order valence-corrected chi connectivity index (χ0v) is 19.2. The van der Waals surface area contributed by atoms with Gasteiger partial charge < -0.3 is 10.6 Å². The molecule has 5 amide bonds. The molecule has 1 atom stereocenters. The van der Waals surface area contributed by atoms with Gasteiger partial charge in [0.05, 0.1) is 13.1 Å². The SMILES string of the molecule is CN(CC(=O)Nc1ccc(Cl)cc1)CC(=O)NN1C(=O)N[C@](C)(CCc2ccccc2)C1=O. The Kier molecular flexibility index (Phi) is 7.67. The van der Waals surface area contributed by atoms with Gasteiger partial charge in [0.15, 0.2) is 0 Å². The second-order valence-corrected chi connectivity index (χ2v) is 8.59. The average molecular weight is 472 g/mol. The Morgan fingerprint density at radius 3 is 2.33 bits per heavy atom. The van der Waals surface area contributed by atoms with Gasteiger partial charge in [-0.25, -0.2) is 4.79 Å². The molecule has 174 valence electrons. The Balaban J connectivity index is 1.48. The molecule has 10 heteroatoms. The fourth-order valence-electron chi connectivity index (χ4n) is 3.43. The highest BCUT2D eigenvalue weighted by atomic mass is 35.5. The molecule has 1 saturated heterocycles. The largest absolute Gasteiger partial charge is 0.344 e. The van der Waals surface area contributed by atoms with Gasteiger partial charge in [-0.2, -0.15) is 5.01 Å². The summed E-state index contributed by atoms with van der Waals surface area (Å²) in [5, 5.41) is 6.61. The van der Waals surface area contributed by atoms with E-state index in [9.17, 15) is 19.2 Å². The van der Waals surface area contributed by atoms with Crippen molar-refractivity contribution in [2.24, 2.45) is 0 Å². The maximum absolute atomic E-state index is 12.8. The van der Waals surface area contributed by atoms with E-state index >= 15 is 0 Å². The van der Waals surface area contributed by atoms with E-state index in [1.807, 2.05) is 30.3 Å². The average Bonchev–Trinajstić information content (AvgIpc) is 2.97. The van der Waals surface area contributed by atoms with Crippen molar-refractivity contribution < 1.29 is 19.2 Å². The van der Waals surface area contributed by atoms with Crippen LogP contribution in [-0.4, -0.2) is 59.3 Å². The second-order valence-electron chi connectivity index (χ2n) is 8.15. The normalized spacial score (nSPS) is 17.8. The lowest BCUT2D eigenvalue weighted by atomic mass is 9.93. The molecule has 0 radical (unpaired) electrons. The Labute approximate surface area is 197 Å². The number of urea groups is 1. The van der Waals surface area contributed by atoms with Crippen molar-refractivity contribution in [1.82, 2.24) is 20.7 Å². The highest BCUT2D eigenvalue weighted by Crippen LogP contribution is 2.22. The summed E-state index contributed by atoms with van der Waals surface area (Å²) in [4.78, 5) is 51.2. The molecule has 0 aliphatic carbocycles. The molecule has 1 heterocycles. The van der Waals surface area contributed by atoms with Gasteiger partial charge in [0.1, 0.15) is 5.54 Å². The summed E-state index contributed by atoms with van der Waals surface area (Å²) in [6, 6.07) is 15.6. The van der Waals surface area contributed by atoms with E-state index in [-0.39, 0.29) is 19.0 Å². The van der Waals surface area contributed by atoms with Crippen molar-refractivity contribution in [3.8, 4) is 0 Å². The van der Waals surface area contributed by atoms with Crippen molar-refractivity contribution in [2.45, 2.75) is 25.3 Å². The molecule has 0 bridgehead atoms. The predicted molar refractivity (Wildman–Crippen MR) is 124 cm³/mol. The molecular formula is C23H26ClN5O4. The third-order valence-electron chi connectivity index (χ3n) is 5.21. The molecule has 1 fully saturated rings. The zero-order chi connectivity index (χ0) is 24.0. The van der Waals surface area contributed by atoms with Gasteiger partial charge in [0, 0.05) is 10.7 Å². The number of amides is 5. The molecule has 3 rings (SSSR count). The number of carbonyl (C=O) groups excluding carboxylic acids is 4. The summed E-state index contributed by atoms with van der Waals surface area (Å²) in [5.41, 5.74) is 2.84. The smallest absolute Gasteiger partial charge is 0.325 e. The molecule has 33 heavy (non-hydrogen) atoms. The molecule has 9 nitrogen and oxygen atoms in total. The first-order valence-electron chi connectivity index (χ1n) is 10.4. The topological polar surface area (TPSA) is 111 Å². The van der Waals surface area contributed by atoms with Gasteiger partial charge in [0.2, 0.25) is 5.91 Å². The van der Waals surface area contributed by atoms with E-state index in [2.05, 4.69) is 16.1 Å². The van der Waals surface area contributed by atoms with Crippen LogP contribution in [0.2, 0.25) is 5.02 Å². The molecule has 0 spiro atoms. The van der Waals surface area contributed by atoms with Crippen LogP contribution in [0.25, 0.3) is 0 Å². The lowest BCUT2D eigenvalue weighted by Crippen LogP contribution is -2.51. The van der Waals surface area contributed by atoms with Crippen molar-refractivity contribution in [3.05, 3.63) is 65.2 Å². The monoisotopic (exact) mass is 471 g/mol. The van der Waals surface area contributed by atoms with E-state index in [1.165, 1.54) is 4.90 Å². The van der Waals surface area contributed by atoms with Crippen molar-refractivity contribution in [3.63, 3.8) is 0 Å². The quantitative estimate of drug-likeness (QED) is 0.485. The number of halogens is 1. The molecule has 3 N–H and O–H groups in total. The summed E-state index contributed by atoms with van der Waals surface area (Å²) >= 11 is 5.82. The first kappa shape index (κ1) is 24.2. The van der Waals surface area contributed by atoms with Gasteiger partial charge in [0.25, 0.3) is 11.8 Å². The number of likely N-dealkylation sites (N-methyl/N-ethyl adjacent to an activating group) is 1. The summed E-state index contributed by atoms with van der Waals surface area (Å²) in [5.74, 6) is -1.44. The summed E-state index contributed by atoms with van der Waals surface area (Å²) < 4.78 is 0. The lowest BCUT2D eigenvalue weighted by molar-refractivity contribution is -0.139. The van der Waals surface area contributed by atoms with Crippen LogP contribution in [0.3, 0.4) is 0 Å². The van der Waals surface area contributed by atoms with Crippen LogP contribution in [0.5, 0.6) is 0 Å². The summed E-state index contributed by atoms with van der Waals surface area (Å²) in [6.07, 6.45) is 0.981. The Morgan fingerprint density at radius 2 is 1.67 bits per heavy atom. The predicted octanol–water partition coefficient (Wildman–Crippen LogP) is 2.18. The van der Waals surface area contributed by atoms with Gasteiger partial charge in [-0.15, -0.1) is 0 Å². The minimum atomic E-state index is -1.12. The third kappa shape index (κ3) is 6.53. The van der Waals surface area contributed by atoms with Gasteiger partial charge in [-0.3, -0.25) is 24.7 Å². The molecule has 0 unspecified atom stereocenters. The van der Waals surface area contributed by atoms with E-state index in [4.69, 9.17) is 11.6 Å². The maximum Gasteiger partial charge on any atom is 0.344 e. The maximum atomic E-state index is 12.8. The van der Waals surface area contributed by atoms with Crippen molar-refractivity contribution in [2.75, 3.05) is 25.5 Å². The summed E-state index contributed by atoms with van der Waals surface area (Å²) in [6.45, 7) is 1.38. The number of rotatable bonds is 9. The van der Waals surface area contributed by atoms with Crippen LogP contribution in [0, 0.1) is 0 Å². The van der Waals surface area contributed by atoms with Gasteiger partial charge in [-0.05, 0) is 56.6 Å². The zero-order valence-electron chi connectivity index (χ0n) is 18.4. The Morgan fingerprint density at radius 1 is 1.03 bits per heavy atom. The van der Waals surface area contributed by atoms with Crippen LogP contribution in [0.1, 0.15) is 18.9 Å². The highest BCUT2D eigenvalue weighted by Gasteiger charge is 2.48. The third-order valence-corrected chi connectivity index (χ3v) is 5.46. The van der Waals surface area contributed by atoms with Crippen LogP contribution in [0.15, 0.2) is 54.6 Å². The molecule has 0 aromatic heterocycles. The molecular weight excluding hydrogens is 446 g/mol. The standard InChI is InChI=1S/C23H26ClN5O4/c1-23(13-12-16-6-4-3-5-7-16)21(32)29(22(33)26-23)27-20(31)15-28(2)14-19(30)25-18-10-8-17(24)9-11-18/h3-11H,12-15H2,1-2H3,(H,25,30)(H,26,33)(H,27,31)/t23-/m1/s1. The lowest BCUT2D eigenvalue weighted by Gasteiger charge is -2.22. The molecule has 1 aliphatic heterocycles. The number of aryl methyl sites for hydroxylation is 1. The van der Waals surface area contributed by atoms with Gasteiger partial charge in [-0.1, -0.05) is 41.9 Å². The van der Waals surface area contributed by atoms with E-state index < -0.39 is 23.4 Å². The minimum Gasteiger partial charge on any atom is -0.325 e. The number of hydrogen-bond acceptors (Lipinski definition) is 5. The number of carbonyl (C=O) groups is 4. The number of hydrazine groups is 1. The first-order chi connectivity index (χ1) is 15.7. The fourth-order valence-corrected chi connectivity index (χ4v) is 3.56. The van der Waals surface area contributed by atoms with E-state index in [0.29, 0.717) is 28.6 Å². The van der Waals surface area contributed by atoms with Crippen molar-refractivity contribution in [1.29, 1.82) is 0 Å². The Bertz CT molecular complexity index is 1030. The van der Waals surface area contributed by atoms with Crippen LogP contribution < -0.4 is 16.1 Å². The Hall–Kier alpha value is -3.43. The van der Waals surface area contributed by atoms with Crippen molar-refractivity contribution >= 4 is 41.0 Å². The molecule has 2 aromatic carbocycles. The number of hydrogen-bond donors (Lipinski definition) is 3. The summed E-state index contributed by atoms with van der Waals surface area (Å²) in [7, 11) is 1.58. The number of nitrogens with one attached hydrogen (secondary N) is 3. The van der Waals surface area contributed by atoms with Crippen LogP contribution in [0.4, 0.5) is 10.5 Å². The number of imide groups is 1. The minimum absolute atomic E-state index is 0.0645. The van der Waals surface area contributed by atoms with Crippen LogP contribution >= 0.6 is 11.6 Å². The first-order valence-corrected chi connectivity index (χ1v) is 10.8. The van der Waals surface area contributed by atoms with E-state index in [1.54, 1.807) is 38.2 Å².